The number of halogens is 1. The van der Waals surface area contributed by atoms with Gasteiger partial charge in [-0.2, -0.15) is 0 Å². The highest BCUT2D eigenvalue weighted by atomic mass is 79.9. The fourth-order valence-electron chi connectivity index (χ4n) is 2.23. The van der Waals surface area contributed by atoms with E-state index in [-0.39, 0.29) is 0 Å². The highest BCUT2D eigenvalue weighted by molar-refractivity contribution is 9.10. The van der Waals surface area contributed by atoms with Crippen LogP contribution >= 0.6 is 15.9 Å². The topological polar surface area (TPSA) is 30.9 Å². The van der Waals surface area contributed by atoms with Gasteiger partial charge in [0.05, 0.1) is 5.52 Å². The molecule has 2 aromatic rings. The Labute approximate surface area is 98.2 Å². The summed E-state index contributed by atoms with van der Waals surface area (Å²) in [5.41, 5.74) is 10.9. The molecule has 0 saturated heterocycles. The van der Waals surface area contributed by atoms with Crippen LogP contribution in [-0.4, -0.2) is 4.57 Å². The monoisotopic (exact) mass is 266 g/mol. The maximum absolute atomic E-state index is 5.80. The van der Waals surface area contributed by atoms with Gasteiger partial charge in [-0.15, -0.1) is 0 Å². The molecule has 0 aliphatic rings. The number of fused-ring (bicyclic) bond motifs is 1. The minimum Gasteiger partial charge on any atom is -0.347 e. The van der Waals surface area contributed by atoms with E-state index in [1.807, 2.05) is 0 Å². The van der Waals surface area contributed by atoms with E-state index in [2.05, 4.69) is 53.5 Å². The lowest BCUT2D eigenvalue weighted by atomic mass is 10.1. The van der Waals surface area contributed by atoms with E-state index in [0.29, 0.717) is 6.54 Å². The third kappa shape index (κ3) is 1.50. The van der Waals surface area contributed by atoms with Crippen molar-refractivity contribution in [3.63, 3.8) is 0 Å². The Kier molecular flexibility index (Phi) is 2.61. The van der Waals surface area contributed by atoms with E-state index in [1.54, 1.807) is 0 Å². The minimum atomic E-state index is 0.596. The van der Waals surface area contributed by atoms with Crippen LogP contribution in [-0.2, 0) is 13.6 Å². The van der Waals surface area contributed by atoms with E-state index in [0.717, 1.165) is 4.47 Å². The summed E-state index contributed by atoms with van der Waals surface area (Å²) in [5.74, 6) is 0. The summed E-state index contributed by atoms with van der Waals surface area (Å²) in [6, 6.07) is 4.29. The highest BCUT2D eigenvalue weighted by Crippen LogP contribution is 2.30. The number of benzene rings is 1. The van der Waals surface area contributed by atoms with Gasteiger partial charge in [0.15, 0.2) is 0 Å². The SMILES string of the molecule is Cc1cc(Br)cc2c(CN)c(C)n(C)c12. The number of hydrogen-bond donors (Lipinski definition) is 1. The van der Waals surface area contributed by atoms with Crippen LogP contribution in [0.4, 0.5) is 0 Å². The first-order chi connectivity index (χ1) is 7.06. The summed E-state index contributed by atoms with van der Waals surface area (Å²) in [6.07, 6.45) is 0. The molecule has 0 spiro atoms. The Morgan fingerprint density at radius 1 is 1.33 bits per heavy atom. The number of nitrogens with zero attached hydrogens (tertiary/aromatic N) is 1. The predicted octanol–water partition coefficient (Wildman–Crippen LogP) is 3.02. The van der Waals surface area contributed by atoms with Crippen LogP contribution in [0.1, 0.15) is 16.8 Å². The van der Waals surface area contributed by atoms with Crippen LogP contribution in [0.15, 0.2) is 16.6 Å². The molecule has 1 aromatic heterocycles. The van der Waals surface area contributed by atoms with E-state index < -0.39 is 0 Å². The molecule has 2 nitrogen and oxygen atoms in total. The van der Waals surface area contributed by atoms with Gasteiger partial charge >= 0.3 is 0 Å². The van der Waals surface area contributed by atoms with E-state index >= 15 is 0 Å². The lowest BCUT2D eigenvalue weighted by Gasteiger charge is -2.02. The smallest absolute Gasteiger partial charge is 0.0513 e. The summed E-state index contributed by atoms with van der Waals surface area (Å²) in [7, 11) is 2.09. The lowest BCUT2D eigenvalue weighted by Crippen LogP contribution is -1.99. The molecule has 2 N–H and O–H groups in total. The number of hydrogen-bond acceptors (Lipinski definition) is 1. The van der Waals surface area contributed by atoms with Crippen molar-refractivity contribution in [3.05, 3.63) is 33.4 Å². The second-order valence-corrected chi connectivity index (χ2v) is 4.86. The van der Waals surface area contributed by atoms with Gasteiger partial charge in [-0.3, -0.25) is 0 Å². The van der Waals surface area contributed by atoms with Crippen molar-refractivity contribution >= 4 is 26.8 Å². The molecule has 0 aliphatic carbocycles. The Hall–Kier alpha value is -0.800. The molecule has 0 radical (unpaired) electrons. The predicted molar refractivity (Wildman–Crippen MR) is 68.0 cm³/mol. The molecule has 0 unspecified atom stereocenters. The van der Waals surface area contributed by atoms with Gasteiger partial charge < -0.3 is 10.3 Å². The summed E-state index contributed by atoms with van der Waals surface area (Å²) in [5, 5.41) is 1.27. The molecular weight excluding hydrogens is 252 g/mol. The summed E-state index contributed by atoms with van der Waals surface area (Å²) >= 11 is 3.53. The first-order valence-corrected chi connectivity index (χ1v) is 5.79. The molecular formula is C12H15BrN2. The van der Waals surface area contributed by atoms with E-state index in [4.69, 9.17) is 5.73 Å². The average molecular weight is 267 g/mol. The molecule has 0 atom stereocenters. The molecule has 0 saturated carbocycles. The number of nitrogens with two attached hydrogens (primary N) is 1. The molecule has 0 aliphatic heterocycles. The molecule has 0 amide bonds. The van der Waals surface area contributed by atoms with Gasteiger partial charge in [0.25, 0.3) is 0 Å². The van der Waals surface area contributed by atoms with Crippen LogP contribution in [0.3, 0.4) is 0 Å². The molecule has 1 aromatic carbocycles. The Bertz CT molecular complexity index is 526. The molecule has 80 valence electrons. The van der Waals surface area contributed by atoms with Crippen molar-refractivity contribution in [3.8, 4) is 0 Å². The van der Waals surface area contributed by atoms with Crippen LogP contribution in [0, 0.1) is 13.8 Å². The zero-order valence-electron chi connectivity index (χ0n) is 9.26. The first kappa shape index (κ1) is 10.7. The highest BCUT2D eigenvalue weighted by Gasteiger charge is 2.12. The summed E-state index contributed by atoms with van der Waals surface area (Å²) in [4.78, 5) is 0. The Morgan fingerprint density at radius 2 is 2.00 bits per heavy atom. The number of aryl methyl sites for hydroxylation is 2. The standard InChI is InChI=1S/C12H15BrN2/c1-7-4-9(13)5-10-11(6-14)8(2)15(3)12(7)10/h4-5H,6,14H2,1-3H3. The van der Waals surface area contributed by atoms with Gasteiger partial charge in [-0.05, 0) is 37.1 Å². The van der Waals surface area contributed by atoms with Crippen molar-refractivity contribution in [2.75, 3.05) is 0 Å². The van der Waals surface area contributed by atoms with Gasteiger partial charge in [0.2, 0.25) is 0 Å². The second-order valence-electron chi connectivity index (χ2n) is 3.95. The van der Waals surface area contributed by atoms with Crippen molar-refractivity contribution < 1.29 is 0 Å². The van der Waals surface area contributed by atoms with Crippen LogP contribution < -0.4 is 5.73 Å². The van der Waals surface area contributed by atoms with Gasteiger partial charge in [0.1, 0.15) is 0 Å². The van der Waals surface area contributed by atoms with Crippen LogP contribution in [0.25, 0.3) is 10.9 Å². The quantitative estimate of drug-likeness (QED) is 0.846. The minimum absolute atomic E-state index is 0.596. The van der Waals surface area contributed by atoms with Crippen LogP contribution in [0.5, 0.6) is 0 Å². The van der Waals surface area contributed by atoms with Gasteiger partial charge in [0, 0.05) is 29.1 Å². The number of aromatic nitrogens is 1. The molecule has 1 heterocycles. The molecule has 3 heteroatoms. The van der Waals surface area contributed by atoms with Gasteiger partial charge in [-0.1, -0.05) is 15.9 Å². The Balaban J connectivity index is 2.97. The first-order valence-electron chi connectivity index (χ1n) is 5.00. The molecule has 15 heavy (non-hydrogen) atoms. The molecule has 0 fully saturated rings. The lowest BCUT2D eigenvalue weighted by molar-refractivity contribution is 0.891. The van der Waals surface area contributed by atoms with E-state index in [1.165, 1.54) is 27.7 Å². The van der Waals surface area contributed by atoms with Crippen molar-refractivity contribution in [1.29, 1.82) is 0 Å². The summed E-state index contributed by atoms with van der Waals surface area (Å²) in [6.45, 7) is 4.85. The van der Waals surface area contributed by atoms with E-state index in [9.17, 15) is 0 Å². The zero-order chi connectivity index (χ0) is 11.2. The third-order valence-corrected chi connectivity index (χ3v) is 3.53. The maximum atomic E-state index is 5.80. The number of rotatable bonds is 1. The second kappa shape index (κ2) is 3.65. The fourth-order valence-corrected chi connectivity index (χ4v) is 2.81. The fraction of sp³-hybridized carbons (Fsp3) is 0.333. The van der Waals surface area contributed by atoms with Gasteiger partial charge in [-0.25, -0.2) is 0 Å². The Morgan fingerprint density at radius 3 is 2.60 bits per heavy atom. The molecule has 2 rings (SSSR count). The zero-order valence-corrected chi connectivity index (χ0v) is 10.9. The average Bonchev–Trinajstić information content (AvgIpc) is 2.39. The third-order valence-electron chi connectivity index (χ3n) is 3.07. The largest absolute Gasteiger partial charge is 0.347 e. The van der Waals surface area contributed by atoms with Crippen molar-refractivity contribution in [2.45, 2.75) is 20.4 Å². The van der Waals surface area contributed by atoms with Crippen molar-refractivity contribution in [1.82, 2.24) is 4.57 Å². The van der Waals surface area contributed by atoms with Crippen molar-refractivity contribution in [2.24, 2.45) is 12.8 Å². The summed E-state index contributed by atoms with van der Waals surface area (Å²) < 4.78 is 3.34. The molecule has 0 bridgehead atoms. The normalized spacial score (nSPS) is 11.3. The van der Waals surface area contributed by atoms with Crippen LogP contribution in [0.2, 0.25) is 0 Å². The maximum Gasteiger partial charge on any atom is 0.0513 e.